The molecule has 0 fully saturated rings. The third kappa shape index (κ3) is 4.94. The van der Waals surface area contributed by atoms with E-state index in [0.717, 1.165) is 10.1 Å². The summed E-state index contributed by atoms with van der Waals surface area (Å²) in [6.45, 7) is 6.29. The Balaban J connectivity index is 2.01. The fraction of sp³-hybridized carbons (Fsp3) is 0.400. The maximum Gasteiger partial charge on any atom is 0.331 e. The van der Waals surface area contributed by atoms with Gasteiger partial charge >= 0.3 is 5.69 Å². The van der Waals surface area contributed by atoms with Gasteiger partial charge in [-0.1, -0.05) is 38.1 Å². The van der Waals surface area contributed by atoms with Crippen LogP contribution in [0.25, 0.3) is 0 Å². The molecule has 2 aromatic rings. The Morgan fingerprint density at radius 1 is 1.22 bits per heavy atom. The van der Waals surface area contributed by atoms with Gasteiger partial charge in [-0.15, -0.1) is 0 Å². The maximum atomic E-state index is 12.2. The van der Waals surface area contributed by atoms with E-state index in [1.807, 2.05) is 12.1 Å². The van der Waals surface area contributed by atoms with Crippen LogP contribution in [-0.4, -0.2) is 21.6 Å². The molecule has 2 rings (SSSR count). The third-order valence-electron chi connectivity index (χ3n) is 4.38. The Morgan fingerprint density at radius 2 is 1.89 bits per heavy atom. The number of aryl methyl sites for hydroxylation is 1. The molecule has 7 heteroatoms. The topological polar surface area (TPSA) is 96.9 Å². The second kappa shape index (κ2) is 8.99. The van der Waals surface area contributed by atoms with Crippen molar-refractivity contribution in [3.05, 3.63) is 68.0 Å². The number of nitrogens with one attached hydrogen (secondary N) is 1. The molecule has 1 N–H and O–H groups in total. The molecule has 0 unspecified atom stereocenters. The van der Waals surface area contributed by atoms with E-state index in [0.29, 0.717) is 25.4 Å². The monoisotopic (exact) mass is 368 g/mol. The first kappa shape index (κ1) is 20.2. The predicted molar refractivity (Wildman–Crippen MR) is 103 cm³/mol. The highest BCUT2D eigenvalue weighted by atomic mass is 16.2. The first-order valence-corrected chi connectivity index (χ1v) is 8.97. The smallest absolute Gasteiger partial charge is 0.331 e. The van der Waals surface area contributed by atoms with Crippen LogP contribution in [0.1, 0.15) is 43.4 Å². The van der Waals surface area contributed by atoms with E-state index < -0.39 is 23.7 Å². The van der Waals surface area contributed by atoms with Crippen LogP contribution in [0.15, 0.2) is 40.1 Å². The number of hydrogen-bond donors (Lipinski definition) is 1. The molecule has 7 nitrogen and oxygen atoms in total. The molecule has 0 saturated carbocycles. The van der Waals surface area contributed by atoms with E-state index in [9.17, 15) is 14.4 Å². The van der Waals surface area contributed by atoms with E-state index in [4.69, 9.17) is 5.26 Å². The van der Waals surface area contributed by atoms with Gasteiger partial charge in [0.2, 0.25) is 5.91 Å². The van der Waals surface area contributed by atoms with Crippen LogP contribution >= 0.6 is 0 Å². The maximum absolute atomic E-state index is 12.2. The summed E-state index contributed by atoms with van der Waals surface area (Å²) in [5.74, 6) is 0.0270. The highest BCUT2D eigenvalue weighted by Gasteiger charge is 2.13. The molecule has 0 spiro atoms. The Bertz CT molecular complexity index is 963. The summed E-state index contributed by atoms with van der Waals surface area (Å²) in [4.78, 5) is 36.5. The quantitative estimate of drug-likeness (QED) is 0.798. The fourth-order valence-electron chi connectivity index (χ4n) is 2.71. The summed E-state index contributed by atoms with van der Waals surface area (Å²) in [6, 6.07) is 9.97. The number of amides is 1. The summed E-state index contributed by atoms with van der Waals surface area (Å²) in [7, 11) is 0. The van der Waals surface area contributed by atoms with Crippen molar-refractivity contribution >= 4 is 5.91 Å². The number of carbonyl (C=O) groups excluding carboxylic acids is 1. The standard InChI is InChI=1S/C20H24N4O3/c1-4-23-12-17(11-21)19(26)24(20(23)27)13-18(25)22-10-9-15-5-7-16(8-6-15)14(2)3/h5-8,12,14H,4,9-10,13H2,1-3H3,(H,22,25). The summed E-state index contributed by atoms with van der Waals surface area (Å²) < 4.78 is 2.04. The van der Waals surface area contributed by atoms with E-state index in [1.54, 1.807) is 13.0 Å². The predicted octanol–water partition coefficient (Wildman–Crippen LogP) is 1.38. The van der Waals surface area contributed by atoms with Gasteiger partial charge in [0, 0.05) is 19.3 Å². The van der Waals surface area contributed by atoms with E-state index in [1.165, 1.54) is 16.3 Å². The van der Waals surface area contributed by atoms with Crippen molar-refractivity contribution in [1.29, 1.82) is 5.26 Å². The van der Waals surface area contributed by atoms with Crippen molar-refractivity contribution in [2.24, 2.45) is 0 Å². The SMILES string of the molecule is CCn1cc(C#N)c(=O)n(CC(=O)NCCc2ccc(C(C)C)cc2)c1=O. The number of carbonyl (C=O) groups is 1. The van der Waals surface area contributed by atoms with Crippen LogP contribution in [0, 0.1) is 11.3 Å². The molecule has 0 aliphatic carbocycles. The Hall–Kier alpha value is -3.14. The van der Waals surface area contributed by atoms with Crippen LogP contribution in [0.3, 0.4) is 0 Å². The third-order valence-corrected chi connectivity index (χ3v) is 4.38. The van der Waals surface area contributed by atoms with E-state index >= 15 is 0 Å². The molecule has 1 amide bonds. The molecule has 1 heterocycles. The van der Waals surface area contributed by atoms with Crippen LogP contribution in [0.2, 0.25) is 0 Å². The fourth-order valence-corrected chi connectivity index (χ4v) is 2.71. The second-order valence-corrected chi connectivity index (χ2v) is 6.61. The first-order valence-electron chi connectivity index (χ1n) is 8.97. The Labute approximate surface area is 157 Å². The zero-order valence-electron chi connectivity index (χ0n) is 15.9. The largest absolute Gasteiger partial charge is 0.354 e. The molecule has 27 heavy (non-hydrogen) atoms. The van der Waals surface area contributed by atoms with Crippen LogP contribution < -0.4 is 16.6 Å². The van der Waals surface area contributed by atoms with Crippen molar-refractivity contribution < 1.29 is 4.79 Å². The average molecular weight is 368 g/mol. The summed E-state index contributed by atoms with van der Waals surface area (Å²) in [6.07, 6.45) is 1.87. The number of rotatable bonds is 7. The lowest BCUT2D eigenvalue weighted by Gasteiger charge is -2.10. The molecule has 0 aliphatic rings. The van der Waals surface area contributed by atoms with Gasteiger partial charge in [-0.2, -0.15) is 5.26 Å². The van der Waals surface area contributed by atoms with Crippen LogP contribution in [-0.2, 0) is 24.3 Å². The minimum Gasteiger partial charge on any atom is -0.354 e. The average Bonchev–Trinajstić information content (AvgIpc) is 2.66. The summed E-state index contributed by atoms with van der Waals surface area (Å²) >= 11 is 0. The van der Waals surface area contributed by atoms with Crippen molar-refractivity contribution in [2.75, 3.05) is 6.54 Å². The van der Waals surface area contributed by atoms with Crippen molar-refractivity contribution in [1.82, 2.24) is 14.5 Å². The summed E-state index contributed by atoms with van der Waals surface area (Å²) in [5, 5.41) is 11.7. The van der Waals surface area contributed by atoms with Gasteiger partial charge in [-0.3, -0.25) is 14.2 Å². The zero-order chi connectivity index (χ0) is 20.0. The molecule has 142 valence electrons. The van der Waals surface area contributed by atoms with E-state index in [-0.39, 0.29) is 5.56 Å². The zero-order valence-corrected chi connectivity index (χ0v) is 15.9. The molecule has 0 atom stereocenters. The minimum absolute atomic E-state index is 0.158. The van der Waals surface area contributed by atoms with Gasteiger partial charge in [0.1, 0.15) is 18.2 Å². The molecular weight excluding hydrogens is 344 g/mol. The number of benzene rings is 1. The number of aromatic nitrogens is 2. The van der Waals surface area contributed by atoms with Gasteiger partial charge < -0.3 is 5.32 Å². The first-order chi connectivity index (χ1) is 12.9. The van der Waals surface area contributed by atoms with Gasteiger partial charge in [0.25, 0.3) is 5.56 Å². The second-order valence-electron chi connectivity index (χ2n) is 6.61. The lowest BCUT2D eigenvalue weighted by atomic mass is 10.0. The van der Waals surface area contributed by atoms with Crippen molar-refractivity contribution in [3.8, 4) is 6.07 Å². The Morgan fingerprint density at radius 3 is 2.44 bits per heavy atom. The van der Waals surface area contributed by atoms with Crippen LogP contribution in [0.4, 0.5) is 0 Å². The van der Waals surface area contributed by atoms with E-state index in [2.05, 4.69) is 31.3 Å². The lowest BCUT2D eigenvalue weighted by molar-refractivity contribution is -0.121. The normalized spacial score (nSPS) is 10.6. The molecular formula is C20H24N4O3. The molecule has 1 aromatic carbocycles. The number of hydrogen-bond acceptors (Lipinski definition) is 4. The molecule has 0 aliphatic heterocycles. The van der Waals surface area contributed by atoms with Crippen LogP contribution in [0.5, 0.6) is 0 Å². The highest BCUT2D eigenvalue weighted by Crippen LogP contribution is 2.14. The minimum atomic E-state index is -0.744. The van der Waals surface area contributed by atoms with Crippen molar-refractivity contribution in [3.63, 3.8) is 0 Å². The highest BCUT2D eigenvalue weighted by molar-refractivity contribution is 5.75. The molecule has 0 saturated heterocycles. The van der Waals surface area contributed by atoms with Gasteiger partial charge in [0.05, 0.1) is 0 Å². The number of nitriles is 1. The number of nitrogens with zero attached hydrogens (tertiary/aromatic N) is 3. The van der Waals surface area contributed by atoms with Gasteiger partial charge in [0.15, 0.2) is 0 Å². The summed E-state index contributed by atoms with van der Waals surface area (Å²) in [5.41, 5.74) is 0.852. The molecule has 0 bridgehead atoms. The lowest BCUT2D eigenvalue weighted by Crippen LogP contribution is -2.44. The molecule has 0 radical (unpaired) electrons. The van der Waals surface area contributed by atoms with Crippen molar-refractivity contribution in [2.45, 2.75) is 46.2 Å². The van der Waals surface area contributed by atoms with Gasteiger partial charge in [-0.25, -0.2) is 9.36 Å². The van der Waals surface area contributed by atoms with Gasteiger partial charge in [-0.05, 0) is 30.4 Å². The Kier molecular flexibility index (Phi) is 6.72. The molecule has 1 aromatic heterocycles.